The molecule has 74 heavy (non-hydrogen) atoms. The van der Waals surface area contributed by atoms with Gasteiger partial charge in [0, 0.05) is 7.11 Å². The Labute approximate surface area is 409 Å². The van der Waals surface area contributed by atoms with Gasteiger partial charge in [0.25, 0.3) is 0 Å². The zero-order chi connectivity index (χ0) is 55.3. The van der Waals surface area contributed by atoms with E-state index in [9.17, 15) is 126 Å². The molecule has 12 unspecified atom stereocenters. The van der Waals surface area contributed by atoms with Crippen LogP contribution in [-0.4, -0.2) is 324 Å². The van der Waals surface area contributed by atoms with Gasteiger partial charge in [0.15, 0.2) is 74.4 Å². The van der Waals surface area contributed by atoms with E-state index in [4.69, 9.17) is 52.1 Å². The molecule has 37 nitrogen and oxygen atoms in total. The quantitative estimate of drug-likeness (QED) is 0.0643. The lowest BCUT2D eigenvalue weighted by Gasteiger charge is -2.48. The predicted octanol–water partition coefficient (Wildman–Crippen LogP) is -12.9. The predicted molar refractivity (Wildman–Crippen MR) is 207 cm³/mol. The standard InChI is InChI=1S/C37H52O37/c1-63-14-3(39)9(45)33(70-20(14)26(50)51)66-16-5(41)11(47)35(72-22(16)28(54)55)68-18-7(43)13(49)37(74-24(18)30(58)59)69-19-6(42)12(48)36(73-25(19)31(60)61)67-17-4(40)10(46)34(71-23(17)29(56)57)65-15-2(38)8(44)32(62)64-21(15)27(52)53/h2-25,32-49,62H,1H3,(H,50,51)(H,52,53)(H,54,55)(H,56,57)(H,58,59)(H,60,61)/t2?,3-,4-,5?,6?,7+,8?,9?,10?,11?,12?,13?,14-,15-,16-,17-,18-,19-,20?,21+,22+,23?,24?,25+,32+,33+,34+,35+,36+,37+/m0/s1. The van der Waals surface area contributed by atoms with Crippen LogP contribution in [0.25, 0.3) is 0 Å². The van der Waals surface area contributed by atoms with E-state index in [1.54, 1.807) is 0 Å². The first-order valence-corrected chi connectivity index (χ1v) is 21.5. The Bertz CT molecular complexity index is 2010. The second kappa shape index (κ2) is 23.6. The molecular formula is C37H52O37. The number of hydrogen-bond acceptors (Lipinski definition) is 31. The highest BCUT2D eigenvalue weighted by atomic mass is 16.8. The third-order valence-corrected chi connectivity index (χ3v) is 12.5. The summed E-state index contributed by atoms with van der Waals surface area (Å²) in [5.74, 6) is -12.0. The molecule has 37 heteroatoms. The zero-order valence-corrected chi connectivity index (χ0v) is 37.2. The van der Waals surface area contributed by atoms with Crippen molar-refractivity contribution < 1.29 is 183 Å². The van der Waals surface area contributed by atoms with Crippen molar-refractivity contribution in [1.29, 1.82) is 0 Å². The van der Waals surface area contributed by atoms with Crippen LogP contribution in [-0.2, 0) is 85.6 Å². The molecule has 0 saturated carbocycles. The molecule has 19 N–H and O–H groups in total. The van der Waals surface area contributed by atoms with Gasteiger partial charge < -0.3 is 154 Å². The molecule has 0 aromatic rings. The first-order chi connectivity index (χ1) is 34.5. The van der Waals surface area contributed by atoms with E-state index in [0.29, 0.717) is 0 Å². The summed E-state index contributed by atoms with van der Waals surface area (Å²) in [6, 6.07) is 0. The van der Waals surface area contributed by atoms with Crippen LogP contribution >= 0.6 is 0 Å². The van der Waals surface area contributed by atoms with E-state index >= 15 is 0 Å². The second-order valence-electron chi connectivity index (χ2n) is 17.2. The normalized spacial score (nSPS) is 49.1. The molecule has 0 bridgehead atoms. The van der Waals surface area contributed by atoms with Crippen LogP contribution in [0.5, 0.6) is 0 Å². The van der Waals surface area contributed by atoms with E-state index in [-0.39, 0.29) is 0 Å². The van der Waals surface area contributed by atoms with Gasteiger partial charge in [-0.25, -0.2) is 28.8 Å². The monoisotopic (exact) mass is 1090 g/mol. The molecule has 0 aromatic heterocycles. The number of methoxy groups -OCH3 is 1. The van der Waals surface area contributed by atoms with Crippen molar-refractivity contribution in [3.05, 3.63) is 0 Å². The summed E-state index contributed by atoms with van der Waals surface area (Å²) < 4.78 is 61.8. The minimum absolute atomic E-state index is 0.956. The van der Waals surface area contributed by atoms with Crippen molar-refractivity contribution in [2.45, 2.75) is 184 Å². The topological polar surface area (TPSA) is 598 Å². The Morgan fingerprint density at radius 1 is 0.270 bits per heavy atom. The number of hydrogen-bond donors (Lipinski definition) is 19. The summed E-state index contributed by atoms with van der Waals surface area (Å²) in [4.78, 5) is 73.2. The fraction of sp³-hybridized carbons (Fsp3) is 0.838. The zero-order valence-electron chi connectivity index (χ0n) is 37.2. The second-order valence-corrected chi connectivity index (χ2v) is 17.2. The van der Waals surface area contributed by atoms with E-state index in [2.05, 4.69) is 4.74 Å². The summed E-state index contributed by atoms with van der Waals surface area (Å²) in [6.07, 6.45) is -72.2. The van der Waals surface area contributed by atoms with Gasteiger partial charge in [0.05, 0.1) is 0 Å². The fourth-order valence-electron chi connectivity index (χ4n) is 8.59. The number of carboxylic acid groups (broad SMARTS) is 6. The van der Waals surface area contributed by atoms with Crippen LogP contribution in [0.4, 0.5) is 0 Å². The Morgan fingerprint density at radius 2 is 0.446 bits per heavy atom. The van der Waals surface area contributed by atoms with E-state index in [1.807, 2.05) is 0 Å². The van der Waals surface area contributed by atoms with E-state index in [1.165, 1.54) is 0 Å². The highest BCUT2D eigenvalue weighted by Gasteiger charge is 2.61. The minimum Gasteiger partial charge on any atom is -0.479 e. The summed E-state index contributed by atoms with van der Waals surface area (Å²) in [6.45, 7) is 0. The molecule has 6 aliphatic heterocycles. The first-order valence-electron chi connectivity index (χ1n) is 21.5. The van der Waals surface area contributed by atoms with Gasteiger partial charge in [-0.05, 0) is 0 Å². The summed E-state index contributed by atoms with van der Waals surface area (Å²) in [7, 11) is 0.956. The number of rotatable bonds is 17. The number of aliphatic carboxylic acids is 6. The summed E-state index contributed by atoms with van der Waals surface area (Å²) >= 11 is 0. The molecule has 0 amide bonds. The largest absolute Gasteiger partial charge is 0.479 e. The van der Waals surface area contributed by atoms with Crippen LogP contribution in [0.1, 0.15) is 0 Å². The molecule has 6 saturated heterocycles. The van der Waals surface area contributed by atoms with Crippen molar-refractivity contribution in [3.8, 4) is 0 Å². The number of aliphatic hydroxyl groups excluding tert-OH is 13. The van der Waals surface area contributed by atoms with Crippen molar-refractivity contribution >= 4 is 35.8 Å². The Kier molecular flexibility index (Phi) is 18.8. The Balaban J connectivity index is 1.13. The SMILES string of the molecule is CO[C@@H]1C(C(=O)O)O[C@@H](O[C@H]2C(O)C(O)[C@H](O[C@@H]3C(C(=O)O)O[C@@H](O[C@H]4C(O)C(O)[C@H](O[C@@H]5C(C(=O)O)O[C@@H](O[C@H]6C(O)C(O)[C@H](O)O[C@H]6C(=O)O)C(O)[C@@H]5O)O[C@H]4C(=O)O)C(O)[C@H]3O)O[C@H]2C(=O)O)C(O)[C@@H]1O. The molecule has 0 spiro atoms. The number of aliphatic hydroxyl groups is 13. The molecule has 6 fully saturated rings. The fourth-order valence-corrected chi connectivity index (χ4v) is 8.59. The first kappa shape index (κ1) is 59.1. The Morgan fingerprint density at radius 3 is 0.649 bits per heavy atom. The lowest BCUT2D eigenvalue weighted by atomic mass is 9.95. The number of carboxylic acids is 6. The van der Waals surface area contributed by atoms with Crippen LogP contribution in [0.3, 0.4) is 0 Å². The van der Waals surface area contributed by atoms with Gasteiger partial charge in [-0.3, -0.25) is 0 Å². The van der Waals surface area contributed by atoms with Gasteiger partial charge >= 0.3 is 35.8 Å². The van der Waals surface area contributed by atoms with Crippen LogP contribution in [0, 0.1) is 0 Å². The third kappa shape index (κ3) is 11.6. The minimum atomic E-state index is -2.64. The molecular weight excluding hydrogens is 1040 g/mol. The maximum atomic E-state index is 12.5. The van der Waals surface area contributed by atoms with E-state index < -0.39 is 220 Å². The van der Waals surface area contributed by atoms with Crippen molar-refractivity contribution in [2.75, 3.05) is 7.11 Å². The molecule has 0 radical (unpaired) electrons. The average molecular weight is 1090 g/mol. The van der Waals surface area contributed by atoms with Gasteiger partial charge in [-0.15, -0.1) is 0 Å². The van der Waals surface area contributed by atoms with Crippen molar-refractivity contribution in [1.82, 2.24) is 0 Å². The summed E-state index contributed by atoms with van der Waals surface area (Å²) in [5, 5.41) is 198. The molecule has 30 atom stereocenters. The van der Waals surface area contributed by atoms with Crippen LogP contribution in [0.2, 0.25) is 0 Å². The molecule has 422 valence electrons. The highest BCUT2D eigenvalue weighted by Crippen LogP contribution is 2.37. The molecule has 0 aromatic carbocycles. The molecule has 0 aliphatic carbocycles. The lowest BCUT2D eigenvalue weighted by molar-refractivity contribution is -0.386. The Hall–Kier alpha value is -4.18. The molecule has 6 heterocycles. The lowest BCUT2D eigenvalue weighted by Crippen LogP contribution is -2.69. The van der Waals surface area contributed by atoms with Gasteiger partial charge in [0.1, 0.15) is 110 Å². The van der Waals surface area contributed by atoms with Gasteiger partial charge in [0.2, 0.25) is 0 Å². The number of ether oxygens (including phenoxy) is 12. The van der Waals surface area contributed by atoms with Gasteiger partial charge in [-0.1, -0.05) is 0 Å². The maximum Gasteiger partial charge on any atom is 0.335 e. The number of carbonyl (C=O) groups is 6. The average Bonchev–Trinajstić information content (AvgIpc) is 3.33. The highest BCUT2D eigenvalue weighted by molar-refractivity contribution is 5.76. The van der Waals surface area contributed by atoms with Crippen molar-refractivity contribution in [2.24, 2.45) is 0 Å². The van der Waals surface area contributed by atoms with Gasteiger partial charge in [-0.2, -0.15) is 0 Å². The van der Waals surface area contributed by atoms with Crippen LogP contribution in [0.15, 0.2) is 0 Å². The van der Waals surface area contributed by atoms with Crippen LogP contribution < -0.4 is 0 Å². The van der Waals surface area contributed by atoms with E-state index in [0.717, 1.165) is 7.11 Å². The molecule has 6 rings (SSSR count). The summed E-state index contributed by atoms with van der Waals surface area (Å²) in [5.41, 5.74) is 0. The third-order valence-electron chi connectivity index (χ3n) is 12.5. The van der Waals surface area contributed by atoms with Crippen molar-refractivity contribution in [3.63, 3.8) is 0 Å². The molecule has 6 aliphatic rings. The smallest absolute Gasteiger partial charge is 0.335 e. The maximum absolute atomic E-state index is 12.5.